The summed E-state index contributed by atoms with van der Waals surface area (Å²) in [6, 6.07) is 8.01. The first-order chi connectivity index (χ1) is 6.63. The summed E-state index contributed by atoms with van der Waals surface area (Å²) in [4.78, 5) is 0. The molecule has 2 heteroatoms. The summed E-state index contributed by atoms with van der Waals surface area (Å²) in [6.07, 6.45) is 1.04. The third-order valence-corrected chi connectivity index (χ3v) is 3.20. The SMILES string of the molecule is CC(C)C(CCl)Cc1ccc(Cl)cc1. The lowest BCUT2D eigenvalue weighted by Gasteiger charge is -2.17. The molecule has 0 nitrogen and oxygen atoms in total. The van der Waals surface area contributed by atoms with E-state index in [1.54, 1.807) is 0 Å². The molecule has 14 heavy (non-hydrogen) atoms. The Hall–Kier alpha value is -0.200. The highest BCUT2D eigenvalue weighted by Crippen LogP contribution is 2.19. The maximum Gasteiger partial charge on any atom is 0.0406 e. The summed E-state index contributed by atoms with van der Waals surface area (Å²) < 4.78 is 0. The third-order valence-electron chi connectivity index (χ3n) is 2.55. The Kier molecular flexibility index (Phi) is 4.77. The molecule has 0 bridgehead atoms. The van der Waals surface area contributed by atoms with Crippen LogP contribution in [0.2, 0.25) is 5.02 Å². The van der Waals surface area contributed by atoms with E-state index in [-0.39, 0.29) is 0 Å². The molecular weight excluding hydrogens is 215 g/mol. The molecule has 0 amide bonds. The van der Waals surface area contributed by atoms with E-state index in [2.05, 4.69) is 26.0 Å². The number of halogens is 2. The summed E-state index contributed by atoms with van der Waals surface area (Å²) in [5.74, 6) is 1.90. The first-order valence-corrected chi connectivity index (χ1v) is 5.85. The van der Waals surface area contributed by atoms with Crippen molar-refractivity contribution in [2.45, 2.75) is 20.3 Å². The molecule has 1 aromatic carbocycles. The van der Waals surface area contributed by atoms with E-state index in [9.17, 15) is 0 Å². The first kappa shape index (κ1) is 11.9. The van der Waals surface area contributed by atoms with Gasteiger partial charge >= 0.3 is 0 Å². The van der Waals surface area contributed by atoms with Gasteiger partial charge in [0.1, 0.15) is 0 Å². The van der Waals surface area contributed by atoms with Crippen molar-refractivity contribution in [2.24, 2.45) is 11.8 Å². The highest BCUT2D eigenvalue weighted by molar-refractivity contribution is 6.30. The fourth-order valence-electron chi connectivity index (χ4n) is 1.39. The molecule has 0 aliphatic heterocycles. The minimum Gasteiger partial charge on any atom is -0.126 e. The van der Waals surface area contributed by atoms with Crippen molar-refractivity contribution >= 4 is 23.2 Å². The second-order valence-electron chi connectivity index (χ2n) is 3.99. The minimum atomic E-state index is 0.554. The van der Waals surface area contributed by atoms with Crippen molar-refractivity contribution in [2.75, 3.05) is 5.88 Å². The van der Waals surface area contributed by atoms with E-state index < -0.39 is 0 Å². The number of alkyl halides is 1. The maximum atomic E-state index is 5.92. The van der Waals surface area contributed by atoms with Crippen molar-refractivity contribution in [3.8, 4) is 0 Å². The molecule has 0 saturated carbocycles. The predicted octanol–water partition coefficient (Wildman–Crippen LogP) is 4.39. The van der Waals surface area contributed by atoms with E-state index in [1.807, 2.05) is 12.1 Å². The Morgan fingerprint density at radius 3 is 2.14 bits per heavy atom. The quantitative estimate of drug-likeness (QED) is 0.674. The molecule has 0 fully saturated rings. The smallest absolute Gasteiger partial charge is 0.0406 e. The van der Waals surface area contributed by atoms with Crippen molar-refractivity contribution < 1.29 is 0 Å². The van der Waals surface area contributed by atoms with E-state index in [4.69, 9.17) is 23.2 Å². The zero-order valence-electron chi connectivity index (χ0n) is 8.63. The second kappa shape index (κ2) is 5.63. The van der Waals surface area contributed by atoms with Crippen LogP contribution in [0.5, 0.6) is 0 Å². The largest absolute Gasteiger partial charge is 0.126 e. The van der Waals surface area contributed by atoms with Gasteiger partial charge in [0.15, 0.2) is 0 Å². The van der Waals surface area contributed by atoms with Crippen LogP contribution in [0.4, 0.5) is 0 Å². The minimum absolute atomic E-state index is 0.554. The number of hydrogen-bond acceptors (Lipinski definition) is 0. The predicted molar refractivity (Wildman–Crippen MR) is 64.2 cm³/mol. The number of rotatable bonds is 4. The third kappa shape index (κ3) is 3.51. The van der Waals surface area contributed by atoms with Crippen LogP contribution in [0, 0.1) is 11.8 Å². The molecule has 0 N–H and O–H groups in total. The molecule has 0 aliphatic carbocycles. The van der Waals surface area contributed by atoms with Gasteiger partial charge in [-0.1, -0.05) is 37.6 Å². The number of hydrogen-bond donors (Lipinski definition) is 0. The van der Waals surface area contributed by atoms with Crippen molar-refractivity contribution in [1.82, 2.24) is 0 Å². The summed E-state index contributed by atoms with van der Waals surface area (Å²) >= 11 is 11.7. The van der Waals surface area contributed by atoms with Crippen LogP contribution in [0.1, 0.15) is 19.4 Å². The molecule has 0 heterocycles. The van der Waals surface area contributed by atoms with Gasteiger partial charge in [-0.15, -0.1) is 11.6 Å². The zero-order chi connectivity index (χ0) is 10.6. The highest BCUT2D eigenvalue weighted by atomic mass is 35.5. The van der Waals surface area contributed by atoms with Gasteiger partial charge in [0.05, 0.1) is 0 Å². The lowest BCUT2D eigenvalue weighted by Crippen LogP contribution is -2.13. The monoisotopic (exact) mass is 230 g/mol. The van der Waals surface area contributed by atoms with Crippen LogP contribution in [0.3, 0.4) is 0 Å². The van der Waals surface area contributed by atoms with Gasteiger partial charge in [0.2, 0.25) is 0 Å². The normalized spacial score (nSPS) is 13.2. The van der Waals surface area contributed by atoms with Crippen LogP contribution >= 0.6 is 23.2 Å². The average molecular weight is 231 g/mol. The van der Waals surface area contributed by atoms with Gasteiger partial charge in [0, 0.05) is 10.9 Å². The Morgan fingerprint density at radius 2 is 1.71 bits per heavy atom. The fourth-order valence-corrected chi connectivity index (χ4v) is 1.98. The van der Waals surface area contributed by atoms with Gasteiger partial charge in [-0.2, -0.15) is 0 Å². The lowest BCUT2D eigenvalue weighted by atomic mass is 9.91. The Labute approximate surface area is 96.2 Å². The van der Waals surface area contributed by atoms with Crippen LogP contribution < -0.4 is 0 Å². The van der Waals surface area contributed by atoms with E-state index in [0.29, 0.717) is 11.8 Å². The van der Waals surface area contributed by atoms with Gasteiger partial charge in [0.25, 0.3) is 0 Å². The lowest BCUT2D eigenvalue weighted by molar-refractivity contribution is 0.422. The Balaban J connectivity index is 2.63. The molecule has 0 saturated heterocycles. The number of benzene rings is 1. The van der Waals surface area contributed by atoms with Crippen LogP contribution in [0.25, 0.3) is 0 Å². The molecule has 0 radical (unpaired) electrons. The average Bonchev–Trinajstić information content (AvgIpc) is 2.16. The summed E-state index contributed by atoms with van der Waals surface area (Å²) in [7, 11) is 0. The van der Waals surface area contributed by atoms with E-state index in [1.165, 1.54) is 5.56 Å². The van der Waals surface area contributed by atoms with Crippen molar-refractivity contribution in [3.05, 3.63) is 34.9 Å². The van der Waals surface area contributed by atoms with Crippen LogP contribution in [0.15, 0.2) is 24.3 Å². The molecule has 0 aromatic heterocycles. The highest BCUT2D eigenvalue weighted by Gasteiger charge is 2.12. The van der Waals surface area contributed by atoms with Crippen LogP contribution in [-0.2, 0) is 6.42 Å². The van der Waals surface area contributed by atoms with Gasteiger partial charge in [-0.3, -0.25) is 0 Å². The molecule has 0 aliphatic rings. The molecule has 1 atom stereocenters. The molecule has 78 valence electrons. The summed E-state index contributed by atoms with van der Waals surface area (Å²) in [5, 5.41) is 0.792. The van der Waals surface area contributed by atoms with Crippen molar-refractivity contribution in [1.29, 1.82) is 0 Å². The van der Waals surface area contributed by atoms with Crippen molar-refractivity contribution in [3.63, 3.8) is 0 Å². The standard InChI is InChI=1S/C12H16Cl2/c1-9(2)11(8-13)7-10-3-5-12(14)6-4-10/h3-6,9,11H,7-8H2,1-2H3. The molecule has 1 unspecified atom stereocenters. The molecule has 0 spiro atoms. The molecule has 1 rings (SSSR count). The van der Waals surface area contributed by atoms with Crippen LogP contribution in [-0.4, -0.2) is 5.88 Å². The second-order valence-corrected chi connectivity index (χ2v) is 4.73. The Morgan fingerprint density at radius 1 is 1.14 bits per heavy atom. The topological polar surface area (TPSA) is 0 Å². The molecule has 1 aromatic rings. The van der Waals surface area contributed by atoms with E-state index >= 15 is 0 Å². The summed E-state index contributed by atoms with van der Waals surface area (Å²) in [5.41, 5.74) is 1.31. The molecular formula is C12H16Cl2. The van der Waals surface area contributed by atoms with E-state index in [0.717, 1.165) is 17.3 Å². The maximum absolute atomic E-state index is 5.92. The summed E-state index contributed by atoms with van der Waals surface area (Å²) in [6.45, 7) is 4.42. The van der Waals surface area contributed by atoms with Gasteiger partial charge < -0.3 is 0 Å². The Bertz CT molecular complexity index is 264. The first-order valence-electron chi connectivity index (χ1n) is 4.94. The zero-order valence-corrected chi connectivity index (χ0v) is 10.1. The fraction of sp³-hybridized carbons (Fsp3) is 0.500. The van der Waals surface area contributed by atoms with Gasteiger partial charge in [-0.25, -0.2) is 0 Å². The van der Waals surface area contributed by atoms with Gasteiger partial charge in [-0.05, 0) is 36.0 Å².